The van der Waals surface area contributed by atoms with Crippen LogP contribution in [0, 0.1) is 0 Å². The van der Waals surface area contributed by atoms with Crippen LogP contribution in [0.25, 0.3) is 11.0 Å². The van der Waals surface area contributed by atoms with Gasteiger partial charge >= 0.3 is 0 Å². The van der Waals surface area contributed by atoms with Crippen molar-refractivity contribution in [1.82, 2.24) is 19.8 Å². The summed E-state index contributed by atoms with van der Waals surface area (Å²) in [6.45, 7) is 8.81. The van der Waals surface area contributed by atoms with E-state index in [0.29, 0.717) is 0 Å². The Morgan fingerprint density at radius 2 is 1.95 bits per heavy atom. The minimum absolute atomic E-state index is 0.749. The van der Waals surface area contributed by atoms with Gasteiger partial charge in [-0.3, -0.25) is 4.90 Å². The average molecular weight is 279 g/mol. The van der Waals surface area contributed by atoms with Gasteiger partial charge in [-0.2, -0.15) is 0 Å². The van der Waals surface area contributed by atoms with Gasteiger partial charge in [-0.1, -0.05) is 18.5 Å². The quantitative estimate of drug-likeness (QED) is 0.936. The molecule has 1 fully saturated rings. The highest BCUT2D eigenvalue weighted by molar-refractivity contribution is 6.31. The number of likely N-dealkylation sites (N-methyl/N-ethyl adjacent to an activating group) is 1. The lowest BCUT2D eigenvalue weighted by Crippen LogP contribution is -2.45. The van der Waals surface area contributed by atoms with Crippen molar-refractivity contribution in [2.24, 2.45) is 0 Å². The second kappa shape index (κ2) is 5.49. The van der Waals surface area contributed by atoms with Gasteiger partial charge < -0.3 is 9.88 Å². The number of benzene rings is 1. The Balaban J connectivity index is 1.68. The number of fused-ring (bicyclic) bond motifs is 1. The van der Waals surface area contributed by atoms with Crippen LogP contribution >= 0.6 is 11.6 Å². The molecule has 0 radical (unpaired) electrons. The predicted molar refractivity (Wildman–Crippen MR) is 78.5 cm³/mol. The van der Waals surface area contributed by atoms with Gasteiger partial charge in [0.2, 0.25) is 0 Å². The molecule has 1 aromatic carbocycles. The first-order valence-corrected chi connectivity index (χ1v) is 7.21. The molecule has 0 unspecified atom stereocenters. The summed E-state index contributed by atoms with van der Waals surface area (Å²) in [6.07, 6.45) is 0. The lowest BCUT2D eigenvalue weighted by Gasteiger charge is -2.33. The van der Waals surface area contributed by atoms with E-state index in [1.807, 2.05) is 18.2 Å². The van der Waals surface area contributed by atoms with Gasteiger partial charge in [-0.15, -0.1) is 0 Å². The number of imidazole rings is 1. The van der Waals surface area contributed by atoms with E-state index in [1.165, 1.54) is 0 Å². The smallest absolute Gasteiger partial charge is 0.121 e. The summed E-state index contributed by atoms with van der Waals surface area (Å²) in [4.78, 5) is 12.9. The lowest BCUT2D eigenvalue weighted by molar-refractivity contribution is 0.130. The van der Waals surface area contributed by atoms with E-state index in [2.05, 4.69) is 26.7 Å². The van der Waals surface area contributed by atoms with Crippen LogP contribution in [0.3, 0.4) is 0 Å². The predicted octanol–water partition coefficient (Wildman–Crippen LogP) is 2.35. The van der Waals surface area contributed by atoms with Crippen LogP contribution in [-0.4, -0.2) is 52.5 Å². The van der Waals surface area contributed by atoms with Gasteiger partial charge in [-0.25, -0.2) is 4.98 Å². The number of nitrogens with zero attached hydrogens (tertiary/aromatic N) is 3. The zero-order valence-electron chi connectivity index (χ0n) is 11.2. The number of nitrogens with one attached hydrogen (secondary N) is 1. The molecule has 1 saturated heterocycles. The third kappa shape index (κ3) is 2.91. The van der Waals surface area contributed by atoms with E-state index in [-0.39, 0.29) is 0 Å². The standard InChI is InChI=1S/C14H19ClN4/c1-2-18-5-7-19(8-6-18)10-14-16-12-4-3-11(15)9-13(12)17-14/h3-4,9H,2,5-8,10H2,1H3,(H,16,17). The molecule has 0 amide bonds. The second-order valence-electron chi connectivity index (χ2n) is 5.06. The van der Waals surface area contributed by atoms with E-state index in [9.17, 15) is 0 Å². The molecule has 5 heteroatoms. The Hall–Kier alpha value is -1.10. The maximum absolute atomic E-state index is 5.99. The number of aromatic nitrogens is 2. The number of rotatable bonds is 3. The molecular weight excluding hydrogens is 260 g/mol. The number of aromatic amines is 1. The van der Waals surface area contributed by atoms with Crippen molar-refractivity contribution in [2.75, 3.05) is 32.7 Å². The number of hydrogen-bond acceptors (Lipinski definition) is 3. The molecule has 4 nitrogen and oxygen atoms in total. The highest BCUT2D eigenvalue weighted by atomic mass is 35.5. The summed E-state index contributed by atoms with van der Waals surface area (Å²) in [5, 5.41) is 0.749. The van der Waals surface area contributed by atoms with Crippen molar-refractivity contribution < 1.29 is 0 Å². The molecule has 1 aliphatic rings. The van der Waals surface area contributed by atoms with Gasteiger partial charge in [0.25, 0.3) is 0 Å². The zero-order valence-corrected chi connectivity index (χ0v) is 12.0. The molecule has 2 aromatic rings. The van der Waals surface area contributed by atoms with Gasteiger partial charge in [-0.05, 0) is 24.7 Å². The monoisotopic (exact) mass is 278 g/mol. The molecule has 19 heavy (non-hydrogen) atoms. The fourth-order valence-electron chi connectivity index (χ4n) is 2.58. The van der Waals surface area contributed by atoms with Crippen molar-refractivity contribution in [2.45, 2.75) is 13.5 Å². The largest absolute Gasteiger partial charge is 0.341 e. The van der Waals surface area contributed by atoms with E-state index in [1.54, 1.807) is 0 Å². The fourth-order valence-corrected chi connectivity index (χ4v) is 2.76. The molecule has 2 heterocycles. The summed E-state index contributed by atoms with van der Waals surface area (Å²) in [7, 11) is 0. The Labute approximate surface area is 118 Å². The molecule has 0 spiro atoms. The van der Waals surface area contributed by atoms with Crippen molar-refractivity contribution in [1.29, 1.82) is 0 Å². The topological polar surface area (TPSA) is 35.2 Å². The van der Waals surface area contributed by atoms with Crippen LogP contribution in [0.15, 0.2) is 18.2 Å². The SMILES string of the molecule is CCN1CCN(Cc2nc3ccc(Cl)cc3[nH]2)CC1. The fraction of sp³-hybridized carbons (Fsp3) is 0.500. The minimum Gasteiger partial charge on any atom is -0.341 e. The third-order valence-corrected chi connectivity index (χ3v) is 4.01. The maximum atomic E-state index is 5.99. The highest BCUT2D eigenvalue weighted by Crippen LogP contribution is 2.18. The zero-order chi connectivity index (χ0) is 13.2. The number of hydrogen-bond donors (Lipinski definition) is 1. The van der Waals surface area contributed by atoms with E-state index in [4.69, 9.17) is 11.6 Å². The summed E-state index contributed by atoms with van der Waals surface area (Å²) >= 11 is 5.99. The molecule has 3 rings (SSSR count). The van der Waals surface area contributed by atoms with Crippen LogP contribution < -0.4 is 0 Å². The summed E-state index contributed by atoms with van der Waals surface area (Å²) in [6, 6.07) is 5.78. The first-order valence-electron chi connectivity index (χ1n) is 6.83. The highest BCUT2D eigenvalue weighted by Gasteiger charge is 2.16. The Morgan fingerprint density at radius 1 is 1.21 bits per heavy atom. The number of piperazine rings is 1. The Morgan fingerprint density at radius 3 is 2.68 bits per heavy atom. The number of halogens is 1. The molecule has 102 valence electrons. The molecule has 0 saturated carbocycles. The van der Waals surface area contributed by atoms with Crippen molar-refractivity contribution >= 4 is 22.6 Å². The van der Waals surface area contributed by atoms with Crippen molar-refractivity contribution in [3.8, 4) is 0 Å². The summed E-state index contributed by atoms with van der Waals surface area (Å²) in [5.41, 5.74) is 2.02. The molecule has 1 aliphatic heterocycles. The van der Waals surface area contributed by atoms with Crippen LogP contribution in [0.2, 0.25) is 5.02 Å². The van der Waals surface area contributed by atoms with Crippen LogP contribution in [0.4, 0.5) is 0 Å². The normalized spacial score (nSPS) is 18.2. The first kappa shape index (κ1) is 12.9. The Bertz CT molecular complexity index is 558. The van der Waals surface area contributed by atoms with E-state index >= 15 is 0 Å². The van der Waals surface area contributed by atoms with Crippen LogP contribution in [-0.2, 0) is 6.54 Å². The first-order chi connectivity index (χ1) is 9.24. The van der Waals surface area contributed by atoms with Crippen molar-refractivity contribution in [3.63, 3.8) is 0 Å². The number of H-pyrrole nitrogens is 1. The maximum Gasteiger partial charge on any atom is 0.121 e. The van der Waals surface area contributed by atoms with Gasteiger partial charge in [0, 0.05) is 31.2 Å². The van der Waals surface area contributed by atoms with Crippen LogP contribution in [0.1, 0.15) is 12.7 Å². The third-order valence-electron chi connectivity index (χ3n) is 3.78. The van der Waals surface area contributed by atoms with Gasteiger partial charge in [0.05, 0.1) is 17.6 Å². The molecule has 0 atom stereocenters. The van der Waals surface area contributed by atoms with Crippen molar-refractivity contribution in [3.05, 3.63) is 29.0 Å². The Kier molecular flexibility index (Phi) is 3.73. The molecule has 0 aliphatic carbocycles. The van der Waals surface area contributed by atoms with Gasteiger partial charge in [0.1, 0.15) is 5.82 Å². The molecule has 0 bridgehead atoms. The molecule has 1 N–H and O–H groups in total. The lowest BCUT2D eigenvalue weighted by atomic mass is 10.3. The second-order valence-corrected chi connectivity index (χ2v) is 5.49. The molecule has 1 aromatic heterocycles. The van der Waals surface area contributed by atoms with E-state index < -0.39 is 0 Å². The summed E-state index contributed by atoms with van der Waals surface area (Å²) < 4.78 is 0. The van der Waals surface area contributed by atoms with E-state index in [0.717, 1.165) is 61.1 Å². The minimum atomic E-state index is 0.749. The summed E-state index contributed by atoms with van der Waals surface area (Å²) in [5.74, 6) is 1.03. The van der Waals surface area contributed by atoms with Gasteiger partial charge in [0.15, 0.2) is 0 Å². The van der Waals surface area contributed by atoms with Crippen LogP contribution in [0.5, 0.6) is 0 Å². The molecular formula is C14H19ClN4. The average Bonchev–Trinajstić information content (AvgIpc) is 2.81.